The Labute approximate surface area is 310 Å². The summed E-state index contributed by atoms with van der Waals surface area (Å²) in [5.74, 6) is 0. The molecule has 2 nitrogen and oxygen atoms in total. The van der Waals surface area contributed by atoms with Gasteiger partial charge in [-0.1, -0.05) is 127 Å². The summed E-state index contributed by atoms with van der Waals surface area (Å²) in [5, 5.41) is 9.87. The molecule has 11 rings (SSSR count). The SMILES string of the molecule is c1ccc(-c2ccc(N(c3cccc(-c4ccc5ccccc5c4)c3)c3ccc4oc5ccc6sc7c8ccccc8ccc7c6c5c4c3)cc2)cc1. The molecule has 0 N–H and O–H groups in total. The Morgan fingerprint density at radius 3 is 1.91 bits per heavy atom. The minimum Gasteiger partial charge on any atom is -0.456 e. The normalized spacial score (nSPS) is 11.8. The maximum atomic E-state index is 6.58. The predicted molar refractivity (Wildman–Crippen MR) is 227 cm³/mol. The second kappa shape index (κ2) is 11.9. The number of nitrogens with zero attached hydrogens (tertiary/aromatic N) is 1. The predicted octanol–water partition coefficient (Wildman–Crippen LogP) is 15.1. The van der Waals surface area contributed by atoms with E-state index in [9.17, 15) is 0 Å². The van der Waals surface area contributed by atoms with Gasteiger partial charge in [-0.25, -0.2) is 0 Å². The Morgan fingerprint density at radius 2 is 1.02 bits per heavy atom. The first kappa shape index (κ1) is 30.0. The molecule has 0 fully saturated rings. The van der Waals surface area contributed by atoms with Crippen molar-refractivity contribution in [3.8, 4) is 22.3 Å². The molecule has 11 aromatic rings. The molecule has 0 bridgehead atoms. The maximum Gasteiger partial charge on any atom is 0.136 e. The van der Waals surface area contributed by atoms with Crippen molar-refractivity contribution in [1.29, 1.82) is 0 Å². The highest BCUT2D eigenvalue weighted by molar-refractivity contribution is 7.27. The number of hydrogen-bond donors (Lipinski definition) is 0. The number of anilines is 3. The summed E-state index contributed by atoms with van der Waals surface area (Å²) in [6.07, 6.45) is 0. The van der Waals surface area contributed by atoms with Crippen LogP contribution in [0.4, 0.5) is 17.1 Å². The lowest BCUT2D eigenvalue weighted by Gasteiger charge is -2.26. The molecule has 3 heteroatoms. The molecule has 0 atom stereocenters. The molecule has 0 radical (unpaired) electrons. The zero-order chi connectivity index (χ0) is 34.9. The molecular formula is C50H31NOS. The molecule has 53 heavy (non-hydrogen) atoms. The fourth-order valence-corrected chi connectivity index (χ4v) is 9.31. The molecule has 0 aliphatic rings. The van der Waals surface area contributed by atoms with Gasteiger partial charge in [-0.05, 0) is 104 Å². The van der Waals surface area contributed by atoms with Crippen LogP contribution in [0.5, 0.6) is 0 Å². The average molecular weight is 694 g/mol. The lowest BCUT2D eigenvalue weighted by atomic mass is 10.00. The van der Waals surface area contributed by atoms with Crippen LogP contribution >= 0.6 is 11.3 Å². The first-order valence-electron chi connectivity index (χ1n) is 18.0. The van der Waals surface area contributed by atoms with E-state index in [0.29, 0.717) is 0 Å². The van der Waals surface area contributed by atoms with Gasteiger partial charge in [0, 0.05) is 48.0 Å². The van der Waals surface area contributed by atoms with Gasteiger partial charge in [0.15, 0.2) is 0 Å². The van der Waals surface area contributed by atoms with Crippen LogP contribution < -0.4 is 4.90 Å². The van der Waals surface area contributed by atoms with Crippen LogP contribution in [0.25, 0.3) is 85.9 Å². The lowest BCUT2D eigenvalue weighted by Crippen LogP contribution is -2.10. The summed E-state index contributed by atoms with van der Waals surface area (Å²) in [7, 11) is 0. The topological polar surface area (TPSA) is 16.4 Å². The third-order valence-corrected chi connectivity index (χ3v) is 11.8. The minimum absolute atomic E-state index is 0.890. The highest BCUT2D eigenvalue weighted by Gasteiger charge is 2.20. The van der Waals surface area contributed by atoms with Crippen LogP contribution in [0.3, 0.4) is 0 Å². The van der Waals surface area contributed by atoms with Gasteiger partial charge in [0.1, 0.15) is 11.2 Å². The van der Waals surface area contributed by atoms with Crippen molar-refractivity contribution in [2.75, 3.05) is 4.90 Å². The summed E-state index contributed by atoms with van der Waals surface area (Å²) < 4.78 is 9.17. The zero-order valence-electron chi connectivity index (χ0n) is 28.7. The van der Waals surface area contributed by atoms with Crippen LogP contribution in [-0.2, 0) is 0 Å². The minimum atomic E-state index is 0.890. The molecule has 0 unspecified atom stereocenters. The average Bonchev–Trinajstić information content (AvgIpc) is 3.80. The van der Waals surface area contributed by atoms with Crippen molar-refractivity contribution in [1.82, 2.24) is 0 Å². The Balaban J connectivity index is 1.12. The van der Waals surface area contributed by atoms with E-state index in [2.05, 4.69) is 193 Å². The smallest absolute Gasteiger partial charge is 0.136 e. The molecule has 2 heterocycles. The lowest BCUT2D eigenvalue weighted by molar-refractivity contribution is 0.669. The van der Waals surface area contributed by atoms with Gasteiger partial charge in [-0.2, -0.15) is 0 Å². The molecule has 9 aromatic carbocycles. The quantitative estimate of drug-likeness (QED) is 0.178. The van der Waals surface area contributed by atoms with E-state index in [4.69, 9.17) is 4.42 Å². The van der Waals surface area contributed by atoms with Gasteiger partial charge < -0.3 is 9.32 Å². The van der Waals surface area contributed by atoms with Crippen LogP contribution in [0.15, 0.2) is 192 Å². The van der Waals surface area contributed by atoms with Gasteiger partial charge in [0.2, 0.25) is 0 Å². The third-order valence-electron chi connectivity index (χ3n) is 10.6. The molecule has 0 amide bonds. The second-order valence-corrected chi connectivity index (χ2v) is 14.8. The van der Waals surface area contributed by atoms with Gasteiger partial charge in [-0.3, -0.25) is 0 Å². The number of hydrogen-bond acceptors (Lipinski definition) is 3. The summed E-state index contributed by atoms with van der Waals surface area (Å²) in [6.45, 7) is 0. The molecule has 0 spiro atoms. The number of benzene rings is 9. The van der Waals surface area contributed by atoms with Crippen molar-refractivity contribution in [2.45, 2.75) is 0 Å². The summed E-state index contributed by atoms with van der Waals surface area (Å²) in [6, 6.07) is 67.9. The molecule has 0 saturated heterocycles. The van der Waals surface area contributed by atoms with E-state index >= 15 is 0 Å². The highest BCUT2D eigenvalue weighted by atomic mass is 32.1. The van der Waals surface area contributed by atoms with Crippen molar-refractivity contribution in [3.63, 3.8) is 0 Å². The molecule has 248 valence electrons. The summed E-state index contributed by atoms with van der Waals surface area (Å²) >= 11 is 1.87. The number of furan rings is 1. The standard InChI is InChI=1S/C50H31NOS/c1-2-9-32(10-3-1)34-19-22-39(23-20-34)51(40-15-8-14-37(30-40)38-18-17-33-11-4-5-13-36(33)29-38)41-24-26-45-44(31-41)48-46(52-45)27-28-47-49(48)43-25-21-35-12-6-7-16-42(35)50(43)53-47/h1-31H. The Morgan fingerprint density at radius 1 is 0.358 bits per heavy atom. The van der Waals surface area contributed by atoms with Gasteiger partial charge in [-0.15, -0.1) is 11.3 Å². The summed E-state index contributed by atoms with van der Waals surface area (Å²) in [5.41, 5.74) is 9.82. The monoisotopic (exact) mass is 693 g/mol. The molecule has 0 aliphatic carbocycles. The zero-order valence-corrected chi connectivity index (χ0v) is 29.5. The van der Waals surface area contributed by atoms with Crippen molar-refractivity contribution in [2.24, 2.45) is 0 Å². The first-order valence-corrected chi connectivity index (χ1v) is 18.8. The number of fused-ring (bicyclic) bond motifs is 10. The van der Waals surface area contributed by atoms with Crippen LogP contribution in [0.2, 0.25) is 0 Å². The van der Waals surface area contributed by atoms with E-state index in [0.717, 1.165) is 33.6 Å². The Hall–Kier alpha value is -6.68. The highest BCUT2D eigenvalue weighted by Crippen LogP contribution is 2.46. The van der Waals surface area contributed by atoms with Gasteiger partial charge in [0.25, 0.3) is 0 Å². The van der Waals surface area contributed by atoms with E-state index in [1.54, 1.807) is 0 Å². The Kier molecular flexibility index (Phi) is 6.76. The molecule has 2 aromatic heterocycles. The molecular weight excluding hydrogens is 663 g/mol. The first-order chi connectivity index (χ1) is 26.2. The van der Waals surface area contributed by atoms with Crippen molar-refractivity contribution in [3.05, 3.63) is 188 Å². The van der Waals surface area contributed by atoms with Crippen molar-refractivity contribution >= 4 is 92.1 Å². The molecule has 0 saturated carbocycles. The fraction of sp³-hybridized carbons (Fsp3) is 0. The van der Waals surface area contributed by atoms with Crippen molar-refractivity contribution < 1.29 is 4.42 Å². The van der Waals surface area contributed by atoms with E-state index in [-0.39, 0.29) is 0 Å². The van der Waals surface area contributed by atoms with Gasteiger partial charge >= 0.3 is 0 Å². The fourth-order valence-electron chi connectivity index (χ4n) is 8.06. The van der Waals surface area contributed by atoms with Crippen LogP contribution in [-0.4, -0.2) is 0 Å². The Bertz CT molecular complexity index is 3170. The van der Waals surface area contributed by atoms with E-state index < -0.39 is 0 Å². The largest absolute Gasteiger partial charge is 0.456 e. The van der Waals surface area contributed by atoms with E-state index in [1.807, 2.05) is 11.3 Å². The third kappa shape index (κ3) is 4.93. The second-order valence-electron chi connectivity index (χ2n) is 13.7. The maximum absolute atomic E-state index is 6.58. The van der Waals surface area contributed by atoms with Crippen LogP contribution in [0, 0.1) is 0 Å². The van der Waals surface area contributed by atoms with Crippen LogP contribution in [0.1, 0.15) is 0 Å². The van der Waals surface area contributed by atoms with Gasteiger partial charge in [0.05, 0.1) is 0 Å². The van der Waals surface area contributed by atoms with E-state index in [1.165, 1.54) is 69.4 Å². The summed E-state index contributed by atoms with van der Waals surface area (Å²) in [4.78, 5) is 2.37. The number of thiophene rings is 1. The molecule has 0 aliphatic heterocycles. The number of rotatable bonds is 5.